The van der Waals surface area contributed by atoms with Crippen LogP contribution in [0.25, 0.3) is 0 Å². The van der Waals surface area contributed by atoms with Crippen LogP contribution in [-0.4, -0.2) is 45.8 Å². The molecule has 1 amide bonds. The minimum Gasteiger partial charge on any atom is -0.378 e. The van der Waals surface area contributed by atoms with Gasteiger partial charge >= 0.3 is 0 Å². The van der Waals surface area contributed by atoms with Crippen molar-refractivity contribution in [3.05, 3.63) is 59.7 Å². The summed E-state index contributed by atoms with van der Waals surface area (Å²) in [5.74, 6) is 0.0387. The summed E-state index contributed by atoms with van der Waals surface area (Å²) in [6.07, 6.45) is 1.05. The second-order valence-electron chi connectivity index (χ2n) is 7.18. The first-order valence-corrected chi connectivity index (χ1v) is 9.76. The normalized spacial score (nSPS) is 15.4. The van der Waals surface area contributed by atoms with Crippen LogP contribution in [-0.2, 0) is 22.5 Å². The molecule has 5 nitrogen and oxygen atoms in total. The van der Waals surface area contributed by atoms with E-state index >= 15 is 0 Å². The highest BCUT2D eigenvalue weighted by atomic mass is 16.5. The minimum atomic E-state index is 0.0387. The Kier molecular flexibility index (Phi) is 6.85. The Morgan fingerprint density at radius 1 is 1.04 bits per heavy atom. The molecule has 0 saturated carbocycles. The number of carbonyl (C=O) groups is 1. The topological polar surface area (TPSA) is 46.0 Å². The first-order chi connectivity index (χ1) is 13.1. The maximum Gasteiger partial charge on any atom is 0.279 e. The molecular formula is C22H30N3O2+. The van der Waals surface area contributed by atoms with Gasteiger partial charge in [0.1, 0.15) is 6.54 Å². The van der Waals surface area contributed by atoms with E-state index in [-0.39, 0.29) is 5.91 Å². The molecular weight excluding hydrogens is 338 g/mol. The number of hydrogen-bond acceptors (Lipinski definition) is 3. The number of ether oxygens (including phenoxy) is 1. The van der Waals surface area contributed by atoms with E-state index in [1.807, 2.05) is 12.1 Å². The van der Waals surface area contributed by atoms with E-state index in [0.717, 1.165) is 45.0 Å². The van der Waals surface area contributed by atoms with Gasteiger partial charge in [-0.2, -0.15) is 0 Å². The number of nitrogens with one attached hydrogen (secondary N) is 2. The summed E-state index contributed by atoms with van der Waals surface area (Å²) in [7, 11) is 2.05. The Morgan fingerprint density at radius 2 is 1.67 bits per heavy atom. The largest absolute Gasteiger partial charge is 0.378 e. The molecule has 0 radical (unpaired) electrons. The molecule has 144 valence electrons. The Morgan fingerprint density at radius 3 is 2.30 bits per heavy atom. The van der Waals surface area contributed by atoms with Crippen LogP contribution in [0.4, 0.5) is 11.4 Å². The first kappa shape index (κ1) is 19.4. The van der Waals surface area contributed by atoms with E-state index in [1.165, 1.54) is 21.7 Å². The highest BCUT2D eigenvalue weighted by Gasteiger charge is 2.13. The molecule has 1 aliphatic heterocycles. The molecule has 1 heterocycles. The van der Waals surface area contributed by atoms with Gasteiger partial charge in [-0.1, -0.05) is 31.2 Å². The maximum absolute atomic E-state index is 12.3. The molecule has 0 spiro atoms. The zero-order valence-corrected chi connectivity index (χ0v) is 16.3. The fraction of sp³-hybridized carbons (Fsp3) is 0.409. The van der Waals surface area contributed by atoms with Gasteiger partial charge in [0.05, 0.1) is 20.3 Å². The van der Waals surface area contributed by atoms with Gasteiger partial charge in [-0.15, -0.1) is 0 Å². The lowest BCUT2D eigenvalue weighted by Crippen LogP contribution is -3.08. The van der Waals surface area contributed by atoms with Crippen molar-refractivity contribution in [2.45, 2.75) is 19.9 Å². The summed E-state index contributed by atoms with van der Waals surface area (Å²) >= 11 is 0. The SMILES string of the molecule is CCc1ccc(C[NH+](C)CC(=O)Nc2ccc(N3CCOCC3)cc2)cc1. The molecule has 0 aromatic heterocycles. The number of carbonyl (C=O) groups excluding carboxylic acids is 1. The zero-order valence-electron chi connectivity index (χ0n) is 16.3. The van der Waals surface area contributed by atoms with Crippen molar-refractivity contribution in [3.8, 4) is 0 Å². The van der Waals surface area contributed by atoms with Crippen molar-refractivity contribution in [1.29, 1.82) is 0 Å². The summed E-state index contributed by atoms with van der Waals surface area (Å²) in [4.78, 5) is 15.8. The van der Waals surface area contributed by atoms with Gasteiger partial charge in [0.2, 0.25) is 0 Å². The average Bonchev–Trinajstić information content (AvgIpc) is 2.69. The molecule has 27 heavy (non-hydrogen) atoms. The summed E-state index contributed by atoms with van der Waals surface area (Å²) in [5, 5.41) is 3.00. The molecule has 5 heteroatoms. The Labute approximate surface area is 161 Å². The maximum atomic E-state index is 12.3. The summed E-state index contributed by atoms with van der Waals surface area (Å²) in [6, 6.07) is 16.7. The number of nitrogens with zero attached hydrogens (tertiary/aromatic N) is 1. The van der Waals surface area contributed by atoms with Gasteiger partial charge in [-0.05, 0) is 36.2 Å². The standard InChI is InChI=1S/C22H29N3O2/c1-3-18-4-6-19(7-5-18)16-24(2)17-22(26)23-20-8-10-21(11-9-20)25-12-14-27-15-13-25/h4-11H,3,12-17H2,1-2H3,(H,23,26)/p+1. The molecule has 1 aliphatic rings. The van der Waals surface area contributed by atoms with Gasteiger partial charge < -0.3 is 19.9 Å². The van der Waals surface area contributed by atoms with Crippen molar-refractivity contribution >= 4 is 17.3 Å². The van der Waals surface area contributed by atoms with Crippen molar-refractivity contribution in [2.75, 3.05) is 50.1 Å². The monoisotopic (exact) mass is 368 g/mol. The van der Waals surface area contributed by atoms with Gasteiger partial charge in [0.25, 0.3) is 5.91 Å². The van der Waals surface area contributed by atoms with Gasteiger partial charge in [-0.3, -0.25) is 4.79 Å². The van der Waals surface area contributed by atoms with E-state index < -0.39 is 0 Å². The van der Waals surface area contributed by atoms with Crippen LogP contribution >= 0.6 is 0 Å². The fourth-order valence-electron chi connectivity index (χ4n) is 3.36. The van der Waals surface area contributed by atoms with Crippen LogP contribution in [0.2, 0.25) is 0 Å². The number of quaternary nitrogens is 1. The van der Waals surface area contributed by atoms with E-state index in [9.17, 15) is 4.79 Å². The highest BCUT2D eigenvalue weighted by Crippen LogP contribution is 2.18. The smallest absolute Gasteiger partial charge is 0.279 e. The van der Waals surface area contributed by atoms with Crippen LogP contribution < -0.4 is 15.1 Å². The van der Waals surface area contributed by atoms with Crippen molar-refractivity contribution in [2.24, 2.45) is 0 Å². The van der Waals surface area contributed by atoms with E-state index in [0.29, 0.717) is 6.54 Å². The third-order valence-corrected chi connectivity index (χ3v) is 4.93. The number of amides is 1. The third-order valence-electron chi connectivity index (χ3n) is 4.93. The first-order valence-electron chi connectivity index (χ1n) is 9.76. The second-order valence-corrected chi connectivity index (χ2v) is 7.18. The molecule has 2 aromatic rings. The van der Waals surface area contributed by atoms with E-state index in [4.69, 9.17) is 4.74 Å². The molecule has 2 N–H and O–H groups in total. The van der Waals surface area contributed by atoms with Crippen molar-refractivity contribution < 1.29 is 14.4 Å². The number of likely N-dealkylation sites (N-methyl/N-ethyl adjacent to an activating group) is 1. The number of morpholine rings is 1. The van der Waals surface area contributed by atoms with Crippen LogP contribution in [0, 0.1) is 0 Å². The summed E-state index contributed by atoms with van der Waals surface area (Å²) in [6.45, 7) is 6.82. The highest BCUT2D eigenvalue weighted by molar-refractivity contribution is 5.91. The Hall–Kier alpha value is -2.37. The van der Waals surface area contributed by atoms with E-state index in [2.05, 4.69) is 60.6 Å². The quantitative estimate of drug-likeness (QED) is 0.783. The lowest BCUT2D eigenvalue weighted by molar-refractivity contribution is -0.885. The van der Waals surface area contributed by atoms with Crippen LogP contribution in [0.15, 0.2) is 48.5 Å². The van der Waals surface area contributed by atoms with Gasteiger partial charge in [0.15, 0.2) is 6.54 Å². The summed E-state index contributed by atoms with van der Waals surface area (Å²) < 4.78 is 5.39. The zero-order chi connectivity index (χ0) is 19.1. The number of hydrogen-bond donors (Lipinski definition) is 2. The molecule has 1 atom stereocenters. The number of rotatable bonds is 7. The minimum absolute atomic E-state index is 0.0387. The molecule has 2 aromatic carbocycles. The third kappa shape index (κ3) is 5.81. The van der Waals surface area contributed by atoms with Gasteiger partial charge in [0, 0.05) is 30.0 Å². The molecule has 1 saturated heterocycles. The number of benzene rings is 2. The molecule has 0 aliphatic carbocycles. The molecule has 1 fully saturated rings. The predicted octanol–water partition coefficient (Wildman–Crippen LogP) is 1.74. The lowest BCUT2D eigenvalue weighted by Gasteiger charge is -2.28. The Balaban J connectivity index is 1.47. The second kappa shape index (κ2) is 9.53. The van der Waals surface area contributed by atoms with Crippen LogP contribution in [0.1, 0.15) is 18.1 Å². The predicted molar refractivity (Wildman–Crippen MR) is 109 cm³/mol. The van der Waals surface area contributed by atoms with Crippen LogP contribution in [0.3, 0.4) is 0 Å². The lowest BCUT2D eigenvalue weighted by atomic mass is 10.1. The molecule has 0 bridgehead atoms. The number of aryl methyl sites for hydroxylation is 1. The number of anilines is 2. The van der Waals surface area contributed by atoms with Crippen molar-refractivity contribution in [1.82, 2.24) is 0 Å². The Bertz CT molecular complexity index is 722. The average molecular weight is 369 g/mol. The van der Waals surface area contributed by atoms with E-state index in [1.54, 1.807) is 0 Å². The van der Waals surface area contributed by atoms with Crippen molar-refractivity contribution in [3.63, 3.8) is 0 Å². The molecule has 1 unspecified atom stereocenters. The molecule has 3 rings (SSSR count). The van der Waals surface area contributed by atoms with Crippen LogP contribution in [0.5, 0.6) is 0 Å². The van der Waals surface area contributed by atoms with Gasteiger partial charge in [-0.25, -0.2) is 0 Å². The fourth-order valence-corrected chi connectivity index (χ4v) is 3.36. The summed E-state index contributed by atoms with van der Waals surface area (Å²) in [5.41, 5.74) is 4.62.